The van der Waals surface area contributed by atoms with Crippen molar-refractivity contribution in [2.75, 3.05) is 11.4 Å². The molecular weight excluding hydrogens is 224 g/mol. The van der Waals surface area contributed by atoms with E-state index in [1.165, 1.54) is 6.20 Å². The summed E-state index contributed by atoms with van der Waals surface area (Å²) in [5.41, 5.74) is 5.26. The molecule has 0 amide bonds. The molecule has 88 valence electrons. The van der Waals surface area contributed by atoms with Crippen molar-refractivity contribution in [1.82, 2.24) is 9.97 Å². The number of nitrogens with two attached hydrogens (primary N) is 1. The summed E-state index contributed by atoms with van der Waals surface area (Å²) in [6.45, 7) is 4.59. The SMILES string of the molecule is CC(C)N(CCC(N)=S)c1ncc[nH]c1=O. The number of aromatic nitrogens is 2. The minimum Gasteiger partial charge on any atom is -0.393 e. The summed E-state index contributed by atoms with van der Waals surface area (Å²) in [5.74, 6) is 0.411. The first-order valence-electron chi connectivity index (χ1n) is 5.11. The maximum atomic E-state index is 11.6. The van der Waals surface area contributed by atoms with E-state index in [4.69, 9.17) is 18.0 Å². The van der Waals surface area contributed by atoms with Gasteiger partial charge >= 0.3 is 0 Å². The molecule has 6 heteroatoms. The summed E-state index contributed by atoms with van der Waals surface area (Å²) < 4.78 is 0. The average Bonchev–Trinajstić information content (AvgIpc) is 2.20. The van der Waals surface area contributed by atoms with Gasteiger partial charge in [-0.05, 0) is 13.8 Å². The van der Waals surface area contributed by atoms with Crippen LogP contribution in [0.15, 0.2) is 17.2 Å². The van der Waals surface area contributed by atoms with Crippen LogP contribution >= 0.6 is 12.2 Å². The molecule has 0 aromatic carbocycles. The molecule has 0 radical (unpaired) electrons. The first-order valence-corrected chi connectivity index (χ1v) is 5.52. The van der Waals surface area contributed by atoms with Crippen LogP contribution in [0.1, 0.15) is 20.3 Å². The normalized spacial score (nSPS) is 10.4. The number of rotatable bonds is 5. The van der Waals surface area contributed by atoms with E-state index < -0.39 is 0 Å². The first kappa shape index (κ1) is 12.6. The highest BCUT2D eigenvalue weighted by Gasteiger charge is 2.14. The summed E-state index contributed by atoms with van der Waals surface area (Å²) in [6.07, 6.45) is 3.65. The van der Waals surface area contributed by atoms with Crippen molar-refractivity contribution >= 4 is 23.0 Å². The number of hydrogen-bond donors (Lipinski definition) is 2. The van der Waals surface area contributed by atoms with Crippen LogP contribution in [-0.2, 0) is 0 Å². The minimum absolute atomic E-state index is 0.172. The fourth-order valence-electron chi connectivity index (χ4n) is 1.39. The van der Waals surface area contributed by atoms with Crippen molar-refractivity contribution in [3.05, 3.63) is 22.7 Å². The highest BCUT2D eigenvalue weighted by molar-refractivity contribution is 7.80. The molecule has 1 aromatic heterocycles. The van der Waals surface area contributed by atoms with Crippen LogP contribution in [0, 0.1) is 0 Å². The second kappa shape index (κ2) is 5.60. The van der Waals surface area contributed by atoms with Crippen LogP contribution in [-0.4, -0.2) is 27.5 Å². The molecule has 0 aliphatic heterocycles. The maximum Gasteiger partial charge on any atom is 0.290 e. The van der Waals surface area contributed by atoms with E-state index in [2.05, 4.69) is 9.97 Å². The summed E-state index contributed by atoms with van der Waals surface area (Å²) in [6, 6.07) is 0.172. The van der Waals surface area contributed by atoms with Crippen LogP contribution < -0.4 is 16.2 Å². The lowest BCUT2D eigenvalue weighted by molar-refractivity contribution is 0.675. The third kappa shape index (κ3) is 3.30. The number of anilines is 1. The first-order chi connectivity index (χ1) is 7.52. The maximum absolute atomic E-state index is 11.6. The Kier molecular flexibility index (Phi) is 4.42. The molecule has 0 saturated heterocycles. The lowest BCUT2D eigenvalue weighted by atomic mass is 10.3. The Balaban J connectivity index is 2.90. The highest BCUT2D eigenvalue weighted by atomic mass is 32.1. The standard InChI is InChI=1S/C10H16N4OS/c1-7(2)14(6-3-8(11)16)9-10(15)13-5-4-12-9/h4-5,7H,3,6H2,1-2H3,(H2,11,16)(H,13,15). The molecule has 0 unspecified atom stereocenters. The molecule has 0 bridgehead atoms. The Bertz CT molecular complexity index is 415. The molecule has 1 aromatic rings. The summed E-state index contributed by atoms with van der Waals surface area (Å²) >= 11 is 4.83. The molecule has 0 aliphatic rings. The van der Waals surface area contributed by atoms with Gasteiger partial charge < -0.3 is 15.6 Å². The van der Waals surface area contributed by atoms with Crippen molar-refractivity contribution in [3.63, 3.8) is 0 Å². The van der Waals surface area contributed by atoms with E-state index in [1.54, 1.807) is 6.20 Å². The van der Waals surface area contributed by atoms with Crippen molar-refractivity contribution < 1.29 is 0 Å². The summed E-state index contributed by atoms with van der Waals surface area (Å²) in [5, 5.41) is 0. The van der Waals surface area contributed by atoms with Crippen molar-refractivity contribution in [2.24, 2.45) is 5.73 Å². The van der Waals surface area contributed by atoms with Gasteiger partial charge in [0.15, 0.2) is 5.82 Å². The second-order valence-electron chi connectivity index (χ2n) is 3.75. The largest absolute Gasteiger partial charge is 0.393 e. The summed E-state index contributed by atoms with van der Waals surface area (Å²) in [7, 11) is 0. The minimum atomic E-state index is -0.195. The van der Waals surface area contributed by atoms with Gasteiger partial charge in [0.1, 0.15) is 0 Å². The van der Waals surface area contributed by atoms with Crippen LogP contribution in [0.5, 0.6) is 0 Å². The number of hydrogen-bond acceptors (Lipinski definition) is 4. The van der Waals surface area contributed by atoms with E-state index >= 15 is 0 Å². The van der Waals surface area contributed by atoms with Gasteiger partial charge in [0.25, 0.3) is 5.56 Å². The zero-order chi connectivity index (χ0) is 12.1. The Labute approximate surface area is 99.7 Å². The lowest BCUT2D eigenvalue weighted by Gasteiger charge is -2.26. The number of thiocarbonyl (C=S) groups is 1. The van der Waals surface area contributed by atoms with E-state index in [9.17, 15) is 4.79 Å². The smallest absolute Gasteiger partial charge is 0.290 e. The molecule has 0 spiro atoms. The molecule has 0 atom stereocenters. The van der Waals surface area contributed by atoms with E-state index in [0.29, 0.717) is 23.8 Å². The molecule has 0 fully saturated rings. The predicted molar refractivity (Wildman–Crippen MR) is 68.7 cm³/mol. The van der Waals surface area contributed by atoms with E-state index in [-0.39, 0.29) is 11.6 Å². The van der Waals surface area contributed by atoms with Gasteiger partial charge in [0, 0.05) is 31.4 Å². The third-order valence-electron chi connectivity index (χ3n) is 2.18. The zero-order valence-electron chi connectivity index (χ0n) is 9.43. The molecule has 1 rings (SSSR count). The number of aromatic amines is 1. The van der Waals surface area contributed by atoms with Crippen LogP contribution in [0.4, 0.5) is 5.82 Å². The van der Waals surface area contributed by atoms with Gasteiger partial charge in [-0.25, -0.2) is 4.98 Å². The average molecular weight is 240 g/mol. The molecule has 1 heterocycles. The van der Waals surface area contributed by atoms with Crippen molar-refractivity contribution in [3.8, 4) is 0 Å². The van der Waals surface area contributed by atoms with Crippen LogP contribution in [0.2, 0.25) is 0 Å². The van der Waals surface area contributed by atoms with Crippen LogP contribution in [0.25, 0.3) is 0 Å². The predicted octanol–water partition coefficient (Wildman–Crippen LogP) is 0.661. The molecule has 0 saturated carbocycles. The van der Waals surface area contributed by atoms with E-state index in [1.807, 2.05) is 18.7 Å². The quantitative estimate of drug-likeness (QED) is 0.740. The van der Waals surface area contributed by atoms with Gasteiger partial charge in [0.2, 0.25) is 0 Å². The molecule has 0 aliphatic carbocycles. The van der Waals surface area contributed by atoms with Gasteiger partial charge in [-0.3, -0.25) is 4.79 Å². The Morgan fingerprint density at radius 2 is 2.38 bits per heavy atom. The third-order valence-corrected chi connectivity index (χ3v) is 2.39. The number of nitrogens with zero attached hydrogens (tertiary/aromatic N) is 2. The van der Waals surface area contributed by atoms with E-state index in [0.717, 1.165) is 0 Å². The number of H-pyrrole nitrogens is 1. The lowest BCUT2D eigenvalue weighted by Crippen LogP contribution is -2.38. The second-order valence-corrected chi connectivity index (χ2v) is 4.27. The molecule has 5 nitrogen and oxygen atoms in total. The summed E-state index contributed by atoms with van der Waals surface area (Å²) in [4.78, 5) is 20.6. The molecular formula is C10H16N4OS. The topological polar surface area (TPSA) is 75.0 Å². The Hall–Kier alpha value is -1.43. The monoisotopic (exact) mass is 240 g/mol. The fourth-order valence-corrected chi connectivity index (χ4v) is 1.48. The Morgan fingerprint density at radius 3 is 2.88 bits per heavy atom. The fraction of sp³-hybridized carbons (Fsp3) is 0.500. The van der Waals surface area contributed by atoms with Gasteiger partial charge in [0.05, 0.1) is 4.99 Å². The van der Waals surface area contributed by atoms with Crippen LogP contribution in [0.3, 0.4) is 0 Å². The van der Waals surface area contributed by atoms with Gasteiger partial charge in [-0.1, -0.05) is 12.2 Å². The number of nitrogens with one attached hydrogen (secondary N) is 1. The zero-order valence-corrected chi connectivity index (χ0v) is 10.3. The molecule has 16 heavy (non-hydrogen) atoms. The van der Waals surface area contributed by atoms with Crippen molar-refractivity contribution in [1.29, 1.82) is 0 Å². The molecule has 3 N–H and O–H groups in total. The Morgan fingerprint density at radius 1 is 1.69 bits per heavy atom. The highest BCUT2D eigenvalue weighted by Crippen LogP contribution is 2.08. The van der Waals surface area contributed by atoms with Gasteiger partial charge in [-0.15, -0.1) is 0 Å². The van der Waals surface area contributed by atoms with Gasteiger partial charge in [-0.2, -0.15) is 0 Å². The van der Waals surface area contributed by atoms with Crippen molar-refractivity contribution in [2.45, 2.75) is 26.3 Å².